The molecule has 7 heteroatoms. The van der Waals surface area contributed by atoms with Crippen LogP contribution in [0.25, 0.3) is 0 Å². The van der Waals surface area contributed by atoms with Gasteiger partial charge in [0.2, 0.25) is 11.8 Å². The first-order chi connectivity index (χ1) is 14.5. The molecule has 0 saturated carbocycles. The summed E-state index contributed by atoms with van der Waals surface area (Å²) >= 11 is 6.35. The number of anilines is 2. The SMILES string of the molecule is CCc1ccc(Cl)c(CC)c1NC(=O)C1CC(=O)N(c2ccc3c(c2)OCCO3)C1. The van der Waals surface area contributed by atoms with Crippen molar-refractivity contribution in [3.05, 3.63) is 46.5 Å². The second kappa shape index (κ2) is 8.56. The number of carbonyl (C=O) groups excluding carboxylic acids is 2. The average molecular weight is 429 g/mol. The van der Waals surface area contributed by atoms with Crippen LogP contribution in [0, 0.1) is 5.92 Å². The van der Waals surface area contributed by atoms with E-state index in [1.165, 1.54) is 0 Å². The van der Waals surface area contributed by atoms with Crippen LogP contribution in [0.1, 0.15) is 31.4 Å². The summed E-state index contributed by atoms with van der Waals surface area (Å²) in [4.78, 5) is 27.3. The molecule has 158 valence electrons. The van der Waals surface area contributed by atoms with Crippen LogP contribution in [-0.4, -0.2) is 31.6 Å². The van der Waals surface area contributed by atoms with Crippen molar-refractivity contribution >= 4 is 34.8 Å². The van der Waals surface area contributed by atoms with Crippen LogP contribution >= 0.6 is 11.6 Å². The number of hydrogen-bond acceptors (Lipinski definition) is 4. The maximum Gasteiger partial charge on any atom is 0.229 e. The zero-order valence-corrected chi connectivity index (χ0v) is 17.9. The van der Waals surface area contributed by atoms with E-state index in [4.69, 9.17) is 21.1 Å². The highest BCUT2D eigenvalue weighted by Crippen LogP contribution is 2.36. The Morgan fingerprint density at radius 1 is 1.13 bits per heavy atom. The smallest absolute Gasteiger partial charge is 0.229 e. The number of carbonyl (C=O) groups is 2. The van der Waals surface area contributed by atoms with Crippen LogP contribution in [0.3, 0.4) is 0 Å². The van der Waals surface area contributed by atoms with Gasteiger partial charge >= 0.3 is 0 Å². The highest BCUT2D eigenvalue weighted by atomic mass is 35.5. The molecule has 0 aromatic heterocycles. The van der Waals surface area contributed by atoms with E-state index in [2.05, 4.69) is 5.32 Å². The molecule has 1 saturated heterocycles. The monoisotopic (exact) mass is 428 g/mol. The second-order valence-corrected chi connectivity index (χ2v) is 7.90. The number of halogens is 1. The Bertz CT molecular complexity index is 991. The minimum atomic E-state index is -0.431. The molecule has 2 heterocycles. The molecule has 2 aliphatic heterocycles. The number of aryl methyl sites for hydroxylation is 1. The minimum Gasteiger partial charge on any atom is -0.486 e. The maximum atomic E-state index is 13.0. The van der Waals surface area contributed by atoms with Crippen molar-refractivity contribution in [2.75, 3.05) is 30.0 Å². The minimum absolute atomic E-state index is 0.0793. The Morgan fingerprint density at radius 2 is 1.90 bits per heavy atom. The molecular formula is C23H25ClN2O4. The Labute approximate surface area is 181 Å². The van der Waals surface area contributed by atoms with Crippen LogP contribution in [0.4, 0.5) is 11.4 Å². The van der Waals surface area contributed by atoms with E-state index in [1.54, 1.807) is 17.0 Å². The first-order valence-electron chi connectivity index (χ1n) is 10.3. The lowest BCUT2D eigenvalue weighted by Gasteiger charge is -2.22. The predicted octanol–water partition coefficient (Wildman–Crippen LogP) is 4.23. The van der Waals surface area contributed by atoms with E-state index in [0.29, 0.717) is 42.0 Å². The van der Waals surface area contributed by atoms with Gasteiger partial charge in [-0.2, -0.15) is 0 Å². The summed E-state index contributed by atoms with van der Waals surface area (Å²) in [6.45, 7) is 5.38. The highest BCUT2D eigenvalue weighted by Gasteiger charge is 2.36. The average Bonchev–Trinajstić information content (AvgIpc) is 3.15. The summed E-state index contributed by atoms with van der Waals surface area (Å²) in [5, 5.41) is 3.70. The predicted molar refractivity (Wildman–Crippen MR) is 117 cm³/mol. The number of fused-ring (bicyclic) bond motifs is 1. The lowest BCUT2D eigenvalue weighted by Crippen LogP contribution is -2.28. The van der Waals surface area contributed by atoms with Crippen LogP contribution in [0.15, 0.2) is 30.3 Å². The molecule has 0 radical (unpaired) electrons. The number of nitrogens with one attached hydrogen (secondary N) is 1. The Morgan fingerprint density at radius 3 is 2.63 bits per heavy atom. The van der Waals surface area contributed by atoms with E-state index in [-0.39, 0.29) is 18.2 Å². The van der Waals surface area contributed by atoms with Crippen LogP contribution in [0.2, 0.25) is 5.02 Å². The van der Waals surface area contributed by atoms with Gasteiger partial charge in [0.05, 0.1) is 5.92 Å². The summed E-state index contributed by atoms with van der Waals surface area (Å²) in [6.07, 6.45) is 1.67. The molecule has 0 bridgehead atoms. The highest BCUT2D eigenvalue weighted by molar-refractivity contribution is 6.32. The third-order valence-electron chi connectivity index (χ3n) is 5.66. The number of benzene rings is 2. The maximum absolute atomic E-state index is 13.0. The third-order valence-corrected chi connectivity index (χ3v) is 6.01. The van der Waals surface area contributed by atoms with Gasteiger partial charge in [0, 0.05) is 35.4 Å². The van der Waals surface area contributed by atoms with E-state index >= 15 is 0 Å². The van der Waals surface area contributed by atoms with Crippen molar-refractivity contribution in [2.24, 2.45) is 5.92 Å². The van der Waals surface area contributed by atoms with Crippen molar-refractivity contribution in [3.8, 4) is 11.5 Å². The molecule has 6 nitrogen and oxygen atoms in total. The number of rotatable bonds is 5. The molecule has 4 rings (SSSR count). The van der Waals surface area contributed by atoms with Crippen LogP contribution in [-0.2, 0) is 22.4 Å². The lowest BCUT2D eigenvalue weighted by atomic mass is 10.0. The molecule has 2 amide bonds. The second-order valence-electron chi connectivity index (χ2n) is 7.49. The topological polar surface area (TPSA) is 67.9 Å². The largest absolute Gasteiger partial charge is 0.486 e. The van der Waals surface area contributed by atoms with Crippen molar-refractivity contribution in [2.45, 2.75) is 33.1 Å². The zero-order valence-electron chi connectivity index (χ0n) is 17.2. The van der Waals surface area contributed by atoms with Gasteiger partial charge < -0.3 is 19.7 Å². The quantitative estimate of drug-likeness (QED) is 0.773. The summed E-state index contributed by atoms with van der Waals surface area (Å²) in [5.41, 5.74) is 3.46. The number of amides is 2. The van der Waals surface area contributed by atoms with Gasteiger partial charge in [0.15, 0.2) is 11.5 Å². The Balaban J connectivity index is 1.52. The van der Waals surface area contributed by atoms with Gasteiger partial charge in [-0.1, -0.05) is 31.5 Å². The van der Waals surface area contributed by atoms with Gasteiger partial charge in [0.25, 0.3) is 0 Å². The molecule has 0 aliphatic carbocycles. The molecule has 2 aliphatic rings. The third kappa shape index (κ3) is 3.84. The molecule has 1 N–H and O–H groups in total. The fourth-order valence-corrected chi connectivity index (χ4v) is 4.32. The number of ether oxygens (including phenoxy) is 2. The fraction of sp³-hybridized carbons (Fsp3) is 0.391. The summed E-state index contributed by atoms with van der Waals surface area (Å²) < 4.78 is 11.2. The Hall–Kier alpha value is -2.73. The first-order valence-corrected chi connectivity index (χ1v) is 10.7. The van der Waals surface area contributed by atoms with Crippen molar-refractivity contribution in [1.29, 1.82) is 0 Å². The van der Waals surface area contributed by atoms with Gasteiger partial charge in [-0.3, -0.25) is 9.59 Å². The summed E-state index contributed by atoms with van der Waals surface area (Å²) in [7, 11) is 0. The molecular weight excluding hydrogens is 404 g/mol. The lowest BCUT2D eigenvalue weighted by molar-refractivity contribution is -0.122. The summed E-state index contributed by atoms with van der Waals surface area (Å²) in [6, 6.07) is 9.24. The standard InChI is InChI=1S/C23H25ClN2O4/c1-3-14-5-7-18(24)17(4-2)22(14)25-23(28)15-11-21(27)26(13-15)16-6-8-19-20(12-16)30-10-9-29-19/h5-8,12,15H,3-4,9-11,13H2,1-2H3,(H,25,28). The Kier molecular flexibility index (Phi) is 5.86. The fourth-order valence-electron chi connectivity index (χ4n) is 4.02. The van der Waals surface area contributed by atoms with Gasteiger partial charge in [-0.05, 0) is 42.2 Å². The molecule has 1 unspecified atom stereocenters. The number of hydrogen-bond donors (Lipinski definition) is 1. The van der Waals surface area contributed by atoms with Crippen molar-refractivity contribution < 1.29 is 19.1 Å². The molecule has 1 fully saturated rings. The number of nitrogens with zero attached hydrogens (tertiary/aromatic N) is 1. The first kappa shape index (κ1) is 20.5. The molecule has 2 aromatic rings. The van der Waals surface area contributed by atoms with Gasteiger partial charge in [0.1, 0.15) is 13.2 Å². The van der Waals surface area contributed by atoms with E-state index in [1.807, 2.05) is 32.0 Å². The van der Waals surface area contributed by atoms with Gasteiger partial charge in [-0.15, -0.1) is 0 Å². The normalized spacial score (nSPS) is 17.9. The molecule has 30 heavy (non-hydrogen) atoms. The zero-order chi connectivity index (χ0) is 21.3. The summed E-state index contributed by atoms with van der Waals surface area (Å²) in [5.74, 6) is 0.628. The van der Waals surface area contributed by atoms with Crippen LogP contribution in [0.5, 0.6) is 11.5 Å². The van der Waals surface area contributed by atoms with E-state index in [0.717, 1.165) is 29.7 Å². The molecule has 0 spiro atoms. The van der Waals surface area contributed by atoms with Gasteiger partial charge in [-0.25, -0.2) is 0 Å². The molecule has 2 aromatic carbocycles. The van der Waals surface area contributed by atoms with Crippen molar-refractivity contribution in [1.82, 2.24) is 0 Å². The van der Waals surface area contributed by atoms with Crippen molar-refractivity contribution in [3.63, 3.8) is 0 Å². The molecule has 1 atom stereocenters. The van der Waals surface area contributed by atoms with E-state index in [9.17, 15) is 9.59 Å². The van der Waals surface area contributed by atoms with Crippen LogP contribution < -0.4 is 19.7 Å². The van der Waals surface area contributed by atoms with E-state index < -0.39 is 5.92 Å².